The predicted molar refractivity (Wildman–Crippen MR) is 62.8 cm³/mol. The van der Waals surface area contributed by atoms with Gasteiger partial charge in [-0.2, -0.15) is 0 Å². The molecule has 0 spiro atoms. The van der Waals surface area contributed by atoms with Crippen molar-refractivity contribution >= 4 is 15.6 Å². The third kappa shape index (κ3) is 2.34. The normalized spacial score (nSPS) is 20.5. The largest absolute Gasteiger partial charge is 0.497 e. The monoisotopic (exact) mass is 254 g/mol. The summed E-state index contributed by atoms with van der Waals surface area (Å²) in [6.07, 6.45) is 0.960. The molecule has 0 N–H and O–H groups in total. The first-order valence-corrected chi connectivity index (χ1v) is 6.98. The Bertz CT molecular complexity index is 516. The van der Waals surface area contributed by atoms with Gasteiger partial charge < -0.3 is 4.74 Å². The van der Waals surface area contributed by atoms with E-state index in [0.29, 0.717) is 18.6 Å². The van der Waals surface area contributed by atoms with Gasteiger partial charge in [-0.25, -0.2) is 8.42 Å². The van der Waals surface area contributed by atoms with Gasteiger partial charge in [0.2, 0.25) is 0 Å². The van der Waals surface area contributed by atoms with Crippen LogP contribution in [0.25, 0.3) is 0 Å². The second kappa shape index (κ2) is 4.49. The maximum Gasteiger partial charge on any atom is 0.181 e. The van der Waals surface area contributed by atoms with Crippen molar-refractivity contribution in [3.63, 3.8) is 0 Å². The Morgan fingerprint density at radius 3 is 2.35 bits per heavy atom. The van der Waals surface area contributed by atoms with Crippen LogP contribution in [0.5, 0.6) is 5.75 Å². The van der Waals surface area contributed by atoms with Crippen molar-refractivity contribution in [2.75, 3.05) is 7.11 Å². The minimum absolute atomic E-state index is 0.0343. The fourth-order valence-corrected chi connectivity index (χ4v) is 3.74. The van der Waals surface area contributed by atoms with Crippen molar-refractivity contribution in [2.24, 2.45) is 0 Å². The highest BCUT2D eigenvalue weighted by Gasteiger charge is 2.34. The summed E-state index contributed by atoms with van der Waals surface area (Å²) >= 11 is 0. The lowest BCUT2D eigenvalue weighted by Crippen LogP contribution is -2.18. The van der Waals surface area contributed by atoms with E-state index in [-0.39, 0.29) is 17.1 Å². The molecule has 1 aromatic carbocycles. The number of carbonyl (C=O) groups is 1. The standard InChI is InChI=1S/C12H14O4S/c1-16-10-3-6-11(7-4-10)17(14,15)12-5-2-9(13)8-12/h3-4,6-7,12H,2,5,8H2,1H3. The van der Waals surface area contributed by atoms with E-state index in [2.05, 4.69) is 0 Å². The van der Waals surface area contributed by atoms with Crippen LogP contribution in [0, 0.1) is 0 Å². The van der Waals surface area contributed by atoms with E-state index < -0.39 is 15.1 Å². The van der Waals surface area contributed by atoms with Crippen LogP contribution in [0.1, 0.15) is 19.3 Å². The average Bonchev–Trinajstić information content (AvgIpc) is 2.77. The number of sulfone groups is 1. The van der Waals surface area contributed by atoms with Crippen molar-refractivity contribution in [3.8, 4) is 5.75 Å². The second-order valence-corrected chi connectivity index (χ2v) is 6.35. The zero-order chi connectivity index (χ0) is 12.5. The van der Waals surface area contributed by atoms with E-state index in [1.54, 1.807) is 12.1 Å². The lowest BCUT2D eigenvalue weighted by atomic mass is 10.3. The molecule has 1 aliphatic carbocycles. The molecule has 92 valence electrons. The van der Waals surface area contributed by atoms with E-state index in [1.165, 1.54) is 19.2 Å². The topological polar surface area (TPSA) is 60.4 Å². The molecule has 5 heteroatoms. The van der Waals surface area contributed by atoms with Crippen molar-refractivity contribution < 1.29 is 17.9 Å². The maximum atomic E-state index is 12.2. The Kier molecular flexibility index (Phi) is 3.19. The van der Waals surface area contributed by atoms with Gasteiger partial charge in [0.25, 0.3) is 0 Å². The molecule has 1 fully saturated rings. The summed E-state index contributed by atoms with van der Waals surface area (Å²) in [5.41, 5.74) is 0. The third-order valence-electron chi connectivity index (χ3n) is 3.03. The van der Waals surface area contributed by atoms with Crippen molar-refractivity contribution in [3.05, 3.63) is 24.3 Å². The van der Waals surface area contributed by atoms with Crippen LogP contribution in [0.2, 0.25) is 0 Å². The second-order valence-electron chi connectivity index (χ2n) is 4.12. The first-order chi connectivity index (χ1) is 8.04. The van der Waals surface area contributed by atoms with Gasteiger partial charge in [0, 0.05) is 12.8 Å². The molecule has 17 heavy (non-hydrogen) atoms. The van der Waals surface area contributed by atoms with Gasteiger partial charge in [0.1, 0.15) is 11.5 Å². The fourth-order valence-electron chi connectivity index (χ4n) is 2.00. The highest BCUT2D eigenvalue weighted by Crippen LogP contribution is 2.28. The summed E-state index contributed by atoms with van der Waals surface area (Å²) in [5.74, 6) is 0.651. The van der Waals surface area contributed by atoms with Gasteiger partial charge in [-0.3, -0.25) is 4.79 Å². The zero-order valence-corrected chi connectivity index (χ0v) is 10.4. The fraction of sp³-hybridized carbons (Fsp3) is 0.417. The number of hydrogen-bond acceptors (Lipinski definition) is 4. The molecule has 0 saturated heterocycles. The van der Waals surface area contributed by atoms with E-state index >= 15 is 0 Å². The van der Waals surface area contributed by atoms with Gasteiger partial charge in [-0.15, -0.1) is 0 Å². The summed E-state index contributed by atoms with van der Waals surface area (Å²) in [5, 5.41) is -0.552. The Balaban J connectivity index is 2.28. The van der Waals surface area contributed by atoms with Crippen LogP contribution >= 0.6 is 0 Å². The van der Waals surface area contributed by atoms with Gasteiger partial charge in [0.05, 0.1) is 17.3 Å². The number of benzene rings is 1. The van der Waals surface area contributed by atoms with Gasteiger partial charge in [-0.1, -0.05) is 0 Å². The van der Waals surface area contributed by atoms with Crippen molar-refractivity contribution in [1.82, 2.24) is 0 Å². The molecule has 1 atom stereocenters. The number of ketones is 1. The number of carbonyl (C=O) groups excluding carboxylic acids is 1. The smallest absolute Gasteiger partial charge is 0.181 e. The summed E-state index contributed by atoms with van der Waals surface area (Å²) in [6.45, 7) is 0. The Hall–Kier alpha value is -1.36. The maximum absolute atomic E-state index is 12.2. The third-order valence-corrected chi connectivity index (χ3v) is 5.24. The Morgan fingerprint density at radius 1 is 1.24 bits per heavy atom. The number of ether oxygens (including phenoxy) is 1. The molecule has 1 aromatic rings. The van der Waals surface area contributed by atoms with Crippen LogP contribution in [0.4, 0.5) is 0 Å². The van der Waals surface area contributed by atoms with Crippen molar-refractivity contribution in [2.45, 2.75) is 29.4 Å². The van der Waals surface area contributed by atoms with Crippen LogP contribution in [0.15, 0.2) is 29.2 Å². The molecule has 0 aromatic heterocycles. The number of Topliss-reactive ketones (excluding diaryl/α,β-unsaturated/α-hetero) is 1. The van der Waals surface area contributed by atoms with E-state index in [1.807, 2.05) is 0 Å². The number of rotatable bonds is 3. The molecule has 2 rings (SSSR count). The van der Waals surface area contributed by atoms with E-state index in [9.17, 15) is 13.2 Å². The molecule has 1 unspecified atom stereocenters. The number of hydrogen-bond donors (Lipinski definition) is 0. The highest BCUT2D eigenvalue weighted by atomic mass is 32.2. The zero-order valence-electron chi connectivity index (χ0n) is 9.55. The molecule has 0 amide bonds. The minimum atomic E-state index is -3.37. The lowest BCUT2D eigenvalue weighted by Gasteiger charge is -2.10. The molecular formula is C12H14O4S. The van der Waals surface area contributed by atoms with E-state index in [4.69, 9.17) is 4.74 Å². The molecule has 0 radical (unpaired) electrons. The summed E-state index contributed by atoms with van der Waals surface area (Å²) in [7, 11) is -1.85. The Labute approximate surface area is 101 Å². The first kappa shape index (κ1) is 12.1. The average molecular weight is 254 g/mol. The molecule has 1 saturated carbocycles. The molecule has 1 aliphatic rings. The Morgan fingerprint density at radius 2 is 1.88 bits per heavy atom. The van der Waals surface area contributed by atoms with E-state index in [0.717, 1.165) is 0 Å². The molecule has 0 heterocycles. The minimum Gasteiger partial charge on any atom is -0.497 e. The van der Waals surface area contributed by atoms with Crippen LogP contribution < -0.4 is 4.74 Å². The van der Waals surface area contributed by atoms with Crippen LogP contribution in [0.3, 0.4) is 0 Å². The summed E-state index contributed by atoms with van der Waals surface area (Å²) in [6, 6.07) is 6.28. The first-order valence-electron chi connectivity index (χ1n) is 5.43. The van der Waals surface area contributed by atoms with Crippen LogP contribution in [-0.4, -0.2) is 26.6 Å². The summed E-state index contributed by atoms with van der Waals surface area (Å²) < 4.78 is 29.3. The van der Waals surface area contributed by atoms with Crippen molar-refractivity contribution in [1.29, 1.82) is 0 Å². The van der Waals surface area contributed by atoms with Gasteiger partial charge in [0.15, 0.2) is 9.84 Å². The highest BCUT2D eigenvalue weighted by molar-refractivity contribution is 7.92. The SMILES string of the molecule is COc1ccc(S(=O)(=O)C2CCC(=O)C2)cc1. The van der Waals surface area contributed by atoms with Gasteiger partial charge >= 0.3 is 0 Å². The predicted octanol–water partition coefficient (Wildman–Crippen LogP) is 1.59. The molecular weight excluding hydrogens is 240 g/mol. The van der Waals surface area contributed by atoms with Crippen LogP contribution in [-0.2, 0) is 14.6 Å². The quantitative estimate of drug-likeness (QED) is 0.821. The lowest BCUT2D eigenvalue weighted by molar-refractivity contribution is -0.117. The summed E-state index contributed by atoms with van der Waals surface area (Å²) in [4.78, 5) is 11.4. The molecule has 4 nitrogen and oxygen atoms in total. The molecule has 0 aliphatic heterocycles. The molecule has 0 bridgehead atoms. The van der Waals surface area contributed by atoms with Gasteiger partial charge in [-0.05, 0) is 30.7 Å². The number of methoxy groups -OCH3 is 1.